The summed E-state index contributed by atoms with van der Waals surface area (Å²) in [4.78, 5) is 22.2. The molecule has 0 saturated heterocycles. The van der Waals surface area contributed by atoms with Crippen molar-refractivity contribution in [3.63, 3.8) is 0 Å². The minimum absolute atomic E-state index is 0.0664. The van der Waals surface area contributed by atoms with E-state index in [1.165, 1.54) is 4.57 Å². The van der Waals surface area contributed by atoms with E-state index in [1.807, 2.05) is 20.8 Å². The molecule has 2 aromatic heterocycles. The fourth-order valence-corrected chi connectivity index (χ4v) is 3.82. The molecule has 0 saturated carbocycles. The Bertz CT molecular complexity index is 1280. The second-order valence-corrected chi connectivity index (χ2v) is 12.0. The zero-order valence-electron chi connectivity index (χ0n) is 19.9. The number of sulfone groups is 1. The SMILES string of the molecule is CC(C)(C)Nc1nc(NC2=NCNC(C(C)(C)O)=C2)cc2ccn(CCS(C)(=O)=O)c(=O)c12. The third-order valence-corrected chi connectivity index (χ3v) is 5.79. The Hall–Kier alpha value is -2.92. The Morgan fingerprint density at radius 1 is 1.24 bits per heavy atom. The second-order valence-electron chi connectivity index (χ2n) is 9.76. The van der Waals surface area contributed by atoms with Gasteiger partial charge in [-0.25, -0.2) is 18.4 Å². The molecule has 0 unspecified atom stereocenters. The Labute approximate surface area is 193 Å². The smallest absolute Gasteiger partial charge is 0.262 e. The summed E-state index contributed by atoms with van der Waals surface area (Å²) in [7, 11) is -3.21. The molecule has 0 radical (unpaired) electrons. The van der Waals surface area contributed by atoms with Crippen LogP contribution in [0.1, 0.15) is 34.6 Å². The molecular formula is C22H32N6O4S. The van der Waals surface area contributed by atoms with Gasteiger partial charge in [0.15, 0.2) is 0 Å². The molecule has 1 aliphatic heterocycles. The Kier molecular flexibility index (Phi) is 6.58. The summed E-state index contributed by atoms with van der Waals surface area (Å²) in [6, 6.07) is 3.51. The lowest BCUT2D eigenvalue weighted by Gasteiger charge is -2.26. The van der Waals surface area contributed by atoms with Crippen LogP contribution < -0.4 is 21.5 Å². The van der Waals surface area contributed by atoms with Crippen molar-refractivity contribution in [3.8, 4) is 0 Å². The highest BCUT2D eigenvalue weighted by Gasteiger charge is 2.22. The highest BCUT2D eigenvalue weighted by Crippen LogP contribution is 2.25. The first-order valence-corrected chi connectivity index (χ1v) is 12.7. The van der Waals surface area contributed by atoms with E-state index in [-0.39, 0.29) is 23.4 Å². The van der Waals surface area contributed by atoms with E-state index in [1.54, 1.807) is 38.3 Å². The number of fused-ring (bicyclic) bond motifs is 1. The normalized spacial score (nSPS) is 15.0. The standard InChI is InChI=1S/C22H32N6O4S/c1-21(2,3)27-19-18-14(7-8-28(20(18)29)9-10-33(6,31)32)11-17(26-19)25-16-12-15(22(4,5)30)23-13-24-16/h7-8,11-12,23,30H,9-10,13H2,1-6H3,(H2,24,25,26,27). The van der Waals surface area contributed by atoms with Crippen LogP contribution in [0.3, 0.4) is 0 Å². The van der Waals surface area contributed by atoms with E-state index in [9.17, 15) is 18.3 Å². The number of aromatic nitrogens is 2. The predicted octanol–water partition coefficient (Wildman–Crippen LogP) is 1.68. The average Bonchev–Trinajstić information content (AvgIpc) is 2.65. The highest BCUT2D eigenvalue weighted by molar-refractivity contribution is 7.90. The largest absolute Gasteiger partial charge is 0.384 e. The van der Waals surface area contributed by atoms with Crippen molar-refractivity contribution >= 4 is 38.1 Å². The second kappa shape index (κ2) is 8.79. The van der Waals surface area contributed by atoms with Crippen molar-refractivity contribution in [2.24, 2.45) is 4.99 Å². The van der Waals surface area contributed by atoms with Crippen LogP contribution in [0.15, 0.2) is 39.9 Å². The molecule has 180 valence electrons. The van der Waals surface area contributed by atoms with E-state index in [4.69, 9.17) is 0 Å². The van der Waals surface area contributed by atoms with Gasteiger partial charge in [0.05, 0.1) is 16.7 Å². The number of hydrogen-bond donors (Lipinski definition) is 4. The third-order valence-electron chi connectivity index (χ3n) is 4.87. The quantitative estimate of drug-likeness (QED) is 0.494. The molecule has 3 rings (SSSR count). The molecule has 10 nitrogen and oxygen atoms in total. The zero-order valence-corrected chi connectivity index (χ0v) is 20.7. The number of anilines is 2. The molecular weight excluding hydrogens is 444 g/mol. The van der Waals surface area contributed by atoms with Crippen LogP contribution in [0.25, 0.3) is 10.8 Å². The van der Waals surface area contributed by atoms with Crippen molar-refractivity contribution in [2.75, 3.05) is 29.3 Å². The van der Waals surface area contributed by atoms with Crippen LogP contribution in [-0.4, -0.2) is 58.7 Å². The Morgan fingerprint density at radius 2 is 1.94 bits per heavy atom. The van der Waals surface area contributed by atoms with Gasteiger partial charge in [0.2, 0.25) is 0 Å². The van der Waals surface area contributed by atoms with Crippen LogP contribution in [0.5, 0.6) is 0 Å². The van der Waals surface area contributed by atoms with E-state index < -0.39 is 15.4 Å². The molecule has 1 aliphatic rings. The lowest BCUT2D eigenvalue weighted by molar-refractivity contribution is 0.112. The molecule has 2 aromatic rings. The molecule has 0 aliphatic carbocycles. The molecule has 0 atom stereocenters. The molecule has 33 heavy (non-hydrogen) atoms. The van der Waals surface area contributed by atoms with Gasteiger partial charge in [-0.1, -0.05) is 0 Å². The maximum absolute atomic E-state index is 13.2. The summed E-state index contributed by atoms with van der Waals surface area (Å²) < 4.78 is 24.5. The maximum atomic E-state index is 13.2. The van der Waals surface area contributed by atoms with Crippen LogP contribution in [0, 0.1) is 0 Å². The van der Waals surface area contributed by atoms with Crippen LogP contribution in [-0.2, 0) is 16.4 Å². The predicted molar refractivity (Wildman–Crippen MR) is 133 cm³/mol. The van der Waals surface area contributed by atoms with Gasteiger partial charge in [-0.2, -0.15) is 0 Å². The van der Waals surface area contributed by atoms with E-state index >= 15 is 0 Å². The monoisotopic (exact) mass is 476 g/mol. The Morgan fingerprint density at radius 3 is 2.55 bits per heavy atom. The van der Waals surface area contributed by atoms with Crippen molar-refractivity contribution < 1.29 is 13.5 Å². The van der Waals surface area contributed by atoms with Crippen LogP contribution in [0.2, 0.25) is 0 Å². The van der Waals surface area contributed by atoms with Gasteiger partial charge in [-0.3, -0.25) is 4.79 Å². The molecule has 0 aromatic carbocycles. The number of aliphatic hydroxyl groups is 1. The van der Waals surface area contributed by atoms with E-state index in [0.717, 1.165) is 6.26 Å². The number of aliphatic imine (C=N–C) groups is 1. The number of aryl methyl sites for hydroxylation is 1. The molecule has 3 heterocycles. The molecule has 4 N–H and O–H groups in total. The zero-order chi connectivity index (χ0) is 24.6. The van der Waals surface area contributed by atoms with E-state index in [0.29, 0.717) is 40.6 Å². The molecule has 0 spiro atoms. The van der Waals surface area contributed by atoms with Crippen molar-refractivity contribution in [1.82, 2.24) is 14.9 Å². The third kappa shape index (κ3) is 6.55. The van der Waals surface area contributed by atoms with Gasteiger partial charge in [0.1, 0.15) is 34.0 Å². The number of rotatable bonds is 6. The molecule has 0 fully saturated rings. The summed E-state index contributed by atoms with van der Waals surface area (Å²) in [5, 5.41) is 20.8. The minimum atomic E-state index is -3.21. The first kappa shape index (κ1) is 24.7. The summed E-state index contributed by atoms with van der Waals surface area (Å²) in [6.45, 7) is 9.62. The van der Waals surface area contributed by atoms with Gasteiger partial charge < -0.3 is 25.6 Å². The summed E-state index contributed by atoms with van der Waals surface area (Å²) >= 11 is 0. The van der Waals surface area contributed by atoms with Gasteiger partial charge in [-0.15, -0.1) is 0 Å². The van der Waals surface area contributed by atoms with Gasteiger partial charge in [0, 0.05) is 36.3 Å². The van der Waals surface area contributed by atoms with Crippen molar-refractivity contribution in [2.45, 2.75) is 52.3 Å². The minimum Gasteiger partial charge on any atom is -0.384 e. The number of nitrogens with one attached hydrogen (secondary N) is 3. The van der Waals surface area contributed by atoms with Crippen LogP contribution in [0.4, 0.5) is 11.6 Å². The lowest BCUT2D eigenvalue weighted by Crippen LogP contribution is -2.36. The van der Waals surface area contributed by atoms with Crippen molar-refractivity contribution in [3.05, 3.63) is 40.5 Å². The number of amidine groups is 1. The van der Waals surface area contributed by atoms with Crippen molar-refractivity contribution in [1.29, 1.82) is 0 Å². The Balaban J connectivity index is 2.05. The summed E-state index contributed by atoms with van der Waals surface area (Å²) in [5.74, 6) is 1.27. The molecule has 0 amide bonds. The highest BCUT2D eigenvalue weighted by atomic mass is 32.2. The first-order chi connectivity index (χ1) is 15.1. The average molecular weight is 477 g/mol. The van der Waals surface area contributed by atoms with Gasteiger partial charge >= 0.3 is 0 Å². The summed E-state index contributed by atoms with van der Waals surface area (Å²) in [5.41, 5.74) is -1.11. The van der Waals surface area contributed by atoms with E-state index in [2.05, 4.69) is 25.9 Å². The summed E-state index contributed by atoms with van der Waals surface area (Å²) in [6.07, 6.45) is 4.46. The van der Waals surface area contributed by atoms with Gasteiger partial charge in [0.25, 0.3) is 5.56 Å². The fraction of sp³-hybridized carbons (Fsp3) is 0.500. The fourth-order valence-electron chi connectivity index (χ4n) is 3.30. The maximum Gasteiger partial charge on any atom is 0.262 e. The number of pyridine rings is 2. The van der Waals surface area contributed by atoms with Gasteiger partial charge in [-0.05, 0) is 52.1 Å². The lowest BCUT2D eigenvalue weighted by atomic mass is 10.0. The molecule has 11 heteroatoms. The van der Waals surface area contributed by atoms with Crippen LogP contribution >= 0.6 is 0 Å². The number of hydrogen-bond acceptors (Lipinski definition) is 9. The molecule has 0 bridgehead atoms. The number of nitrogens with zero attached hydrogens (tertiary/aromatic N) is 3. The first-order valence-electron chi connectivity index (χ1n) is 10.6. The topological polar surface area (TPSA) is 138 Å².